The molecule has 0 radical (unpaired) electrons. The summed E-state index contributed by atoms with van der Waals surface area (Å²) in [7, 11) is 3.93. The lowest BCUT2D eigenvalue weighted by Crippen LogP contribution is -1.87. The summed E-state index contributed by atoms with van der Waals surface area (Å²) in [6.07, 6.45) is 34.0. The Bertz CT molecular complexity index is 2450. The summed E-state index contributed by atoms with van der Waals surface area (Å²) in [5.74, 6) is 0. The molecule has 2 aromatic heterocycles. The van der Waals surface area contributed by atoms with Crippen LogP contribution < -0.4 is 0 Å². The third kappa shape index (κ3) is 20.3. The van der Waals surface area contributed by atoms with Gasteiger partial charge in [0, 0.05) is 56.7 Å². The van der Waals surface area contributed by atoms with Gasteiger partial charge in [-0.05, 0) is 164 Å². The number of aryl methyl sites for hydroxylation is 4. The molecule has 5 aromatic rings. The monoisotopic (exact) mass is 911 g/mol. The summed E-state index contributed by atoms with van der Waals surface area (Å²) in [5.41, 5.74) is 22.9. The molecule has 0 atom stereocenters. The fourth-order valence-electron chi connectivity index (χ4n) is 7.22. The molecular weight excluding hydrogens is 825 g/mol. The average molecular weight is 911 g/mol. The lowest BCUT2D eigenvalue weighted by atomic mass is 9.97. The number of fused-ring (bicyclic) bond motifs is 4. The number of benzene rings is 3. The molecule has 3 heterocycles. The van der Waals surface area contributed by atoms with E-state index in [9.17, 15) is 0 Å². The van der Waals surface area contributed by atoms with Crippen LogP contribution in [0.3, 0.4) is 0 Å². The largest absolute Gasteiger partial charge is 0.355 e. The first-order valence-electron chi connectivity index (χ1n) is 24.9. The van der Waals surface area contributed by atoms with Gasteiger partial charge in [-0.2, -0.15) is 5.10 Å². The van der Waals surface area contributed by atoms with Crippen molar-refractivity contribution in [3.63, 3.8) is 0 Å². The SMILES string of the molecule is C1=Cc2ccccc2C1.CC.CC.CC1=C(C)CC=C1.CC1=C(C)CC=C1.CC1=C(C)CC=C1.CC1=CCC=N1.Cc1ccc2c(c1C)-c1ccccc1C2.Cc1cccn1C.Cn1cccn1. The van der Waals surface area contributed by atoms with E-state index in [4.69, 9.17) is 0 Å². The Balaban J connectivity index is 0.000000270. The van der Waals surface area contributed by atoms with E-state index in [1.165, 1.54) is 103 Å². The molecule has 0 fully saturated rings. The van der Waals surface area contributed by atoms with E-state index < -0.39 is 0 Å². The zero-order valence-corrected chi connectivity index (χ0v) is 45.0. The van der Waals surface area contributed by atoms with Gasteiger partial charge in [-0.1, -0.05) is 176 Å². The second kappa shape index (κ2) is 32.4. The molecule has 0 spiro atoms. The Morgan fingerprint density at radius 2 is 1.04 bits per heavy atom. The molecule has 6 aliphatic rings. The van der Waals surface area contributed by atoms with Gasteiger partial charge in [-0.25, -0.2) is 0 Å². The summed E-state index contributed by atoms with van der Waals surface area (Å²) < 4.78 is 3.83. The Morgan fingerprint density at radius 1 is 0.500 bits per heavy atom. The summed E-state index contributed by atoms with van der Waals surface area (Å²) in [6, 6.07) is 27.8. The number of aliphatic imine (C=N–C) groups is 1. The van der Waals surface area contributed by atoms with Gasteiger partial charge in [0.25, 0.3) is 0 Å². The lowest BCUT2D eigenvalue weighted by Gasteiger charge is -2.08. The fraction of sp³-hybridized carbons (Fsp3) is 0.344. The predicted octanol–water partition coefficient (Wildman–Crippen LogP) is 18.1. The highest BCUT2D eigenvalue weighted by atomic mass is 15.2. The van der Waals surface area contributed by atoms with Crippen molar-refractivity contribution in [1.29, 1.82) is 0 Å². The van der Waals surface area contributed by atoms with E-state index in [0.717, 1.165) is 25.0 Å². The van der Waals surface area contributed by atoms with Crippen molar-refractivity contribution in [2.45, 2.75) is 135 Å². The van der Waals surface area contributed by atoms with Gasteiger partial charge < -0.3 is 4.57 Å². The van der Waals surface area contributed by atoms with Crippen LogP contribution in [0.4, 0.5) is 0 Å². The quantitative estimate of drug-likeness (QED) is 0.150. The number of allylic oxidation sites excluding steroid dienone is 15. The molecule has 11 rings (SSSR count). The molecule has 4 heteroatoms. The molecule has 4 nitrogen and oxygen atoms in total. The van der Waals surface area contributed by atoms with Crippen LogP contribution in [-0.2, 0) is 26.9 Å². The van der Waals surface area contributed by atoms with Crippen LogP contribution in [0.5, 0.6) is 0 Å². The minimum absolute atomic E-state index is 1.03. The second-order valence-electron chi connectivity index (χ2n) is 17.2. The Kier molecular flexibility index (Phi) is 27.6. The Hall–Kier alpha value is -6.26. The number of aromatic nitrogens is 3. The molecule has 0 saturated heterocycles. The van der Waals surface area contributed by atoms with Gasteiger partial charge in [0.2, 0.25) is 0 Å². The Labute approximate surface area is 414 Å². The molecule has 1 aliphatic heterocycles. The summed E-state index contributed by atoms with van der Waals surface area (Å²) in [6.45, 7) is 29.5. The van der Waals surface area contributed by atoms with E-state index in [1.54, 1.807) is 10.9 Å². The summed E-state index contributed by atoms with van der Waals surface area (Å²) in [5, 5.41) is 3.83. The van der Waals surface area contributed by atoms with Crippen LogP contribution in [-0.4, -0.2) is 20.6 Å². The summed E-state index contributed by atoms with van der Waals surface area (Å²) in [4.78, 5) is 3.97. The third-order valence-electron chi connectivity index (χ3n) is 12.2. The summed E-state index contributed by atoms with van der Waals surface area (Å²) >= 11 is 0. The van der Waals surface area contributed by atoms with E-state index in [0.29, 0.717) is 0 Å². The fourth-order valence-corrected chi connectivity index (χ4v) is 7.22. The normalized spacial score (nSPS) is 14.0. The van der Waals surface area contributed by atoms with Gasteiger partial charge in [0.1, 0.15) is 0 Å². The van der Waals surface area contributed by atoms with Crippen molar-refractivity contribution in [3.05, 3.63) is 224 Å². The van der Waals surface area contributed by atoms with Crippen molar-refractivity contribution < 1.29 is 0 Å². The van der Waals surface area contributed by atoms with Gasteiger partial charge in [-0.15, -0.1) is 0 Å². The lowest BCUT2D eigenvalue weighted by molar-refractivity contribution is 0.768. The second-order valence-corrected chi connectivity index (χ2v) is 17.2. The van der Waals surface area contributed by atoms with Crippen LogP contribution in [0.15, 0.2) is 190 Å². The first-order chi connectivity index (χ1) is 32.7. The minimum Gasteiger partial charge on any atom is -0.355 e. The topological polar surface area (TPSA) is 35.1 Å². The van der Waals surface area contributed by atoms with E-state index in [-0.39, 0.29) is 0 Å². The maximum atomic E-state index is 3.97. The van der Waals surface area contributed by atoms with Crippen LogP contribution in [0.25, 0.3) is 17.2 Å². The maximum absolute atomic E-state index is 3.97. The van der Waals surface area contributed by atoms with Gasteiger partial charge >= 0.3 is 0 Å². The molecule has 0 unspecified atom stereocenters. The number of nitrogens with zero attached hydrogens (tertiary/aromatic N) is 4. The van der Waals surface area contributed by atoms with Crippen LogP contribution in [0, 0.1) is 20.8 Å². The molecule has 3 aromatic carbocycles. The van der Waals surface area contributed by atoms with E-state index in [2.05, 4.69) is 198 Å². The molecule has 0 saturated carbocycles. The minimum atomic E-state index is 1.03. The standard InChI is InChI=1S/C15H14.C9H8.3C7H10.C6H9N.C5H7N.C4H6N2.2C2H6/c1-10-7-8-13-9-12-5-3-4-6-14(12)15(13)11(10)2;1-2-5-9-7-3-6-8(9)4-1;4*1-6-4-3-5-7(6)2;1-5-3-2-4-6-5;1-6-4-2-3-5-6;2*1-2/h3-8H,9H2,1-2H3;1-6H,7H2;3*3-4H,5H2,1-2H3;3-5H,1-2H3;3-4H,2H2,1H3;2-4H,1H3;2*1-2H3. The van der Waals surface area contributed by atoms with Crippen LogP contribution in [0.1, 0.15) is 141 Å². The van der Waals surface area contributed by atoms with Crippen molar-refractivity contribution in [2.24, 2.45) is 19.1 Å². The number of rotatable bonds is 0. The van der Waals surface area contributed by atoms with Gasteiger partial charge in [0.15, 0.2) is 0 Å². The third-order valence-corrected chi connectivity index (χ3v) is 12.2. The van der Waals surface area contributed by atoms with E-state index >= 15 is 0 Å². The molecule has 68 heavy (non-hydrogen) atoms. The molecule has 362 valence electrons. The smallest absolute Gasteiger partial charge is 0.0489 e. The predicted molar refractivity (Wildman–Crippen MR) is 303 cm³/mol. The van der Waals surface area contributed by atoms with Crippen molar-refractivity contribution in [1.82, 2.24) is 14.3 Å². The highest BCUT2D eigenvalue weighted by Crippen LogP contribution is 2.39. The maximum Gasteiger partial charge on any atom is 0.0489 e. The molecule has 5 aliphatic carbocycles. The van der Waals surface area contributed by atoms with Crippen molar-refractivity contribution in [3.8, 4) is 11.1 Å². The van der Waals surface area contributed by atoms with Gasteiger partial charge in [0.05, 0.1) is 0 Å². The molecular formula is C64H86N4. The highest BCUT2D eigenvalue weighted by molar-refractivity contribution is 5.80. The van der Waals surface area contributed by atoms with Crippen molar-refractivity contribution in [2.75, 3.05) is 0 Å². The van der Waals surface area contributed by atoms with Gasteiger partial charge in [-0.3, -0.25) is 9.67 Å². The van der Waals surface area contributed by atoms with Crippen LogP contribution in [0.2, 0.25) is 0 Å². The molecule has 0 N–H and O–H groups in total. The zero-order chi connectivity index (χ0) is 50.4. The molecule has 0 bridgehead atoms. The van der Waals surface area contributed by atoms with Crippen molar-refractivity contribution >= 4 is 12.3 Å². The number of hydrogen-bond acceptors (Lipinski definition) is 2. The first kappa shape index (κ1) is 57.9. The van der Waals surface area contributed by atoms with E-state index in [1.807, 2.05) is 79.5 Å². The Morgan fingerprint density at radius 3 is 1.40 bits per heavy atom. The number of hydrogen-bond donors (Lipinski definition) is 0. The highest BCUT2D eigenvalue weighted by Gasteiger charge is 2.19. The first-order valence-corrected chi connectivity index (χ1v) is 24.9. The molecule has 0 amide bonds. The average Bonchev–Trinajstić information content (AvgIpc) is 4.23. The van der Waals surface area contributed by atoms with Crippen LogP contribution >= 0.6 is 0 Å². The zero-order valence-electron chi connectivity index (χ0n) is 45.0.